The van der Waals surface area contributed by atoms with Crippen molar-refractivity contribution in [2.45, 2.75) is 64.2 Å². The van der Waals surface area contributed by atoms with E-state index in [1.807, 2.05) is 18.2 Å². The number of methoxy groups -OCH3 is 1. The van der Waals surface area contributed by atoms with Crippen molar-refractivity contribution in [1.29, 1.82) is 0 Å². The first-order valence-electron chi connectivity index (χ1n) is 10.3. The van der Waals surface area contributed by atoms with Crippen LogP contribution in [0.1, 0.15) is 46.1 Å². The third-order valence-electron chi connectivity index (χ3n) is 5.47. The lowest BCUT2D eigenvalue weighted by atomic mass is 9.79. The predicted octanol–water partition coefficient (Wildman–Crippen LogP) is 5.86. The first-order valence-corrected chi connectivity index (χ1v) is 11.1. The average Bonchev–Trinajstić information content (AvgIpc) is 2.65. The van der Waals surface area contributed by atoms with Crippen LogP contribution in [0.25, 0.3) is 0 Å². The van der Waals surface area contributed by atoms with Gasteiger partial charge in [-0.1, -0.05) is 41.9 Å². The second-order valence-corrected chi connectivity index (χ2v) is 10.2. The van der Waals surface area contributed by atoms with Gasteiger partial charge in [-0.15, -0.1) is 0 Å². The largest absolute Gasteiger partial charge is 0.495 e. The van der Waals surface area contributed by atoms with Crippen molar-refractivity contribution in [1.82, 2.24) is 10.2 Å². The zero-order chi connectivity index (χ0) is 21.9. The second kappa shape index (κ2) is 9.13. The average molecular weight is 446 g/mol. The van der Waals surface area contributed by atoms with E-state index in [4.69, 9.17) is 28.6 Å². The molecular formula is C24H32ClN3OS. The van der Waals surface area contributed by atoms with Crippen molar-refractivity contribution in [2.75, 3.05) is 12.4 Å². The highest BCUT2D eigenvalue weighted by atomic mass is 35.5. The molecular weight excluding hydrogens is 414 g/mol. The Balaban J connectivity index is 1.90. The van der Waals surface area contributed by atoms with E-state index in [0.717, 1.165) is 25.1 Å². The molecule has 0 aromatic heterocycles. The molecule has 2 aromatic rings. The third-order valence-corrected chi connectivity index (χ3v) is 6.04. The van der Waals surface area contributed by atoms with Crippen molar-refractivity contribution in [2.24, 2.45) is 0 Å². The fourth-order valence-electron chi connectivity index (χ4n) is 4.59. The smallest absolute Gasteiger partial charge is 0.174 e. The number of halogens is 1. The lowest BCUT2D eigenvalue weighted by Gasteiger charge is -2.50. The molecule has 1 aliphatic heterocycles. The number of benzene rings is 2. The minimum absolute atomic E-state index is 0.0227. The molecule has 30 heavy (non-hydrogen) atoms. The van der Waals surface area contributed by atoms with Crippen LogP contribution in [0.5, 0.6) is 5.75 Å². The van der Waals surface area contributed by atoms with E-state index in [9.17, 15) is 0 Å². The number of nitrogens with zero attached hydrogens (tertiary/aromatic N) is 1. The Morgan fingerprint density at radius 2 is 1.77 bits per heavy atom. The normalized spacial score (nSPS) is 17.9. The predicted molar refractivity (Wildman–Crippen MR) is 131 cm³/mol. The zero-order valence-electron chi connectivity index (χ0n) is 18.5. The van der Waals surface area contributed by atoms with Crippen LogP contribution in [0.15, 0.2) is 48.5 Å². The molecule has 4 nitrogen and oxygen atoms in total. The van der Waals surface area contributed by atoms with E-state index in [2.05, 4.69) is 67.5 Å². The van der Waals surface area contributed by atoms with E-state index in [1.54, 1.807) is 13.2 Å². The van der Waals surface area contributed by atoms with E-state index in [1.165, 1.54) is 5.56 Å². The molecule has 2 N–H and O–H groups in total. The minimum Gasteiger partial charge on any atom is -0.495 e. The number of thiocarbonyl (C=S) groups is 1. The highest BCUT2D eigenvalue weighted by Gasteiger charge is 2.40. The van der Waals surface area contributed by atoms with Crippen LogP contribution < -0.4 is 15.4 Å². The van der Waals surface area contributed by atoms with E-state index >= 15 is 0 Å². The van der Waals surface area contributed by atoms with Crippen LogP contribution >= 0.6 is 23.8 Å². The molecule has 2 aromatic carbocycles. The summed E-state index contributed by atoms with van der Waals surface area (Å²) in [6, 6.07) is 16.3. The Bertz CT molecular complexity index is 869. The minimum atomic E-state index is 0.0227. The summed E-state index contributed by atoms with van der Waals surface area (Å²) in [6.07, 6.45) is 2.01. The topological polar surface area (TPSA) is 36.5 Å². The van der Waals surface area contributed by atoms with Gasteiger partial charge in [0.15, 0.2) is 5.11 Å². The van der Waals surface area contributed by atoms with Gasteiger partial charge in [0.2, 0.25) is 0 Å². The molecule has 0 spiro atoms. The SMILES string of the molecule is COc1cc(Cl)ccc1NC(=S)N(Cc1ccccc1)C1CC(C)(C)NC(C)(C)C1. The Morgan fingerprint density at radius 3 is 2.37 bits per heavy atom. The monoisotopic (exact) mass is 445 g/mol. The van der Waals surface area contributed by atoms with Gasteiger partial charge in [0.1, 0.15) is 5.75 Å². The fraction of sp³-hybridized carbons (Fsp3) is 0.458. The maximum atomic E-state index is 6.13. The van der Waals surface area contributed by atoms with E-state index in [-0.39, 0.29) is 11.1 Å². The molecule has 0 atom stereocenters. The Morgan fingerprint density at radius 1 is 1.13 bits per heavy atom. The van der Waals surface area contributed by atoms with Gasteiger partial charge in [0, 0.05) is 34.8 Å². The van der Waals surface area contributed by atoms with Crippen LogP contribution in [-0.2, 0) is 6.54 Å². The molecule has 0 unspecified atom stereocenters. The molecule has 0 radical (unpaired) electrons. The number of nitrogens with one attached hydrogen (secondary N) is 2. The highest BCUT2D eigenvalue weighted by Crippen LogP contribution is 2.34. The van der Waals surface area contributed by atoms with Crippen molar-refractivity contribution >= 4 is 34.6 Å². The van der Waals surface area contributed by atoms with Crippen LogP contribution in [-0.4, -0.2) is 34.2 Å². The molecule has 1 heterocycles. The Kier molecular flexibility index (Phi) is 6.95. The molecule has 162 valence electrons. The maximum Gasteiger partial charge on any atom is 0.174 e. The third kappa shape index (κ3) is 5.87. The van der Waals surface area contributed by atoms with Gasteiger partial charge < -0.3 is 20.3 Å². The molecule has 6 heteroatoms. The Labute approximate surface area is 190 Å². The zero-order valence-corrected chi connectivity index (χ0v) is 20.0. The summed E-state index contributed by atoms with van der Waals surface area (Å²) in [5, 5.41) is 8.51. The number of hydrogen-bond acceptors (Lipinski definition) is 3. The van der Waals surface area contributed by atoms with Crippen LogP contribution in [0.3, 0.4) is 0 Å². The Hall–Kier alpha value is -1.82. The second-order valence-electron chi connectivity index (χ2n) is 9.34. The summed E-state index contributed by atoms with van der Waals surface area (Å²) in [5.74, 6) is 0.676. The van der Waals surface area contributed by atoms with Crippen molar-refractivity contribution in [3.8, 4) is 5.75 Å². The molecule has 1 fully saturated rings. The maximum absolute atomic E-state index is 6.13. The number of hydrogen-bond donors (Lipinski definition) is 2. The first kappa shape index (κ1) is 22.9. The highest BCUT2D eigenvalue weighted by molar-refractivity contribution is 7.80. The van der Waals surface area contributed by atoms with Crippen LogP contribution in [0, 0.1) is 0 Å². The van der Waals surface area contributed by atoms with Gasteiger partial charge in [-0.25, -0.2) is 0 Å². The summed E-state index contributed by atoms with van der Waals surface area (Å²) in [6.45, 7) is 9.81. The van der Waals surface area contributed by atoms with Gasteiger partial charge in [-0.05, 0) is 70.5 Å². The first-order chi connectivity index (χ1) is 14.1. The van der Waals surface area contributed by atoms with Crippen LogP contribution in [0.4, 0.5) is 5.69 Å². The molecule has 0 saturated carbocycles. The fourth-order valence-corrected chi connectivity index (χ4v) is 5.08. The summed E-state index contributed by atoms with van der Waals surface area (Å²) in [5.41, 5.74) is 2.10. The van der Waals surface area contributed by atoms with Crippen molar-refractivity contribution in [3.05, 3.63) is 59.1 Å². The van der Waals surface area contributed by atoms with Crippen molar-refractivity contribution in [3.63, 3.8) is 0 Å². The van der Waals surface area contributed by atoms with Gasteiger partial charge in [0.25, 0.3) is 0 Å². The molecule has 3 rings (SSSR count). The molecule has 0 aliphatic carbocycles. The molecule has 1 aliphatic rings. The number of rotatable bonds is 5. The van der Waals surface area contributed by atoms with E-state index < -0.39 is 0 Å². The molecule has 1 saturated heterocycles. The van der Waals surface area contributed by atoms with Gasteiger partial charge in [0.05, 0.1) is 12.8 Å². The molecule has 0 bridgehead atoms. The van der Waals surface area contributed by atoms with Crippen LogP contribution in [0.2, 0.25) is 5.02 Å². The summed E-state index contributed by atoms with van der Waals surface area (Å²) >= 11 is 12.1. The lowest BCUT2D eigenvalue weighted by molar-refractivity contribution is 0.101. The standard InChI is InChI=1S/C24H32ClN3OS/c1-23(2)14-19(15-24(3,4)27-23)28(16-17-9-7-6-8-10-17)22(30)26-20-12-11-18(25)13-21(20)29-5/h6-13,19,27H,14-16H2,1-5H3,(H,26,30). The number of piperidine rings is 1. The van der Waals surface area contributed by atoms with Gasteiger partial charge in [-0.2, -0.15) is 0 Å². The molecule has 0 amide bonds. The number of anilines is 1. The summed E-state index contributed by atoms with van der Waals surface area (Å²) in [4.78, 5) is 2.32. The van der Waals surface area contributed by atoms with Crippen molar-refractivity contribution < 1.29 is 4.74 Å². The summed E-state index contributed by atoms with van der Waals surface area (Å²) in [7, 11) is 1.64. The van der Waals surface area contributed by atoms with E-state index in [0.29, 0.717) is 21.9 Å². The van der Waals surface area contributed by atoms with Gasteiger partial charge in [-0.3, -0.25) is 0 Å². The quantitative estimate of drug-likeness (QED) is 0.564. The lowest BCUT2D eigenvalue weighted by Crippen LogP contribution is -2.63. The summed E-state index contributed by atoms with van der Waals surface area (Å²) < 4.78 is 5.50. The van der Waals surface area contributed by atoms with Gasteiger partial charge >= 0.3 is 0 Å². The number of ether oxygens (including phenoxy) is 1.